The molecule has 4 rings (SSSR count). The third-order valence-corrected chi connectivity index (χ3v) is 6.85. The Morgan fingerprint density at radius 3 is 2.86 bits per heavy atom. The first-order valence-corrected chi connectivity index (χ1v) is 10.7. The fourth-order valence-electron chi connectivity index (χ4n) is 3.08. The van der Waals surface area contributed by atoms with Crippen LogP contribution in [0.25, 0.3) is 10.9 Å². The van der Waals surface area contributed by atoms with Crippen LogP contribution in [0.15, 0.2) is 43.7 Å². The predicted octanol–water partition coefficient (Wildman–Crippen LogP) is 2.50. The standard InChI is InChI=1S/C17H18N4O6S2/c1-26-8-27-6-9-7-28-16-14(9)29(24,25)20-15(19-16)12-13(22)10-4-2-3-5-11(10)21(18)17(12)23/h2-5,7,22,24-25H,6,8,18H2,1H3,(H,19,20). The van der Waals surface area contributed by atoms with Gasteiger partial charge in [0, 0.05) is 23.4 Å². The van der Waals surface area contributed by atoms with Gasteiger partial charge in [0.25, 0.3) is 5.56 Å². The van der Waals surface area contributed by atoms with Crippen LogP contribution >= 0.6 is 22.1 Å². The highest BCUT2D eigenvalue weighted by Crippen LogP contribution is 2.59. The van der Waals surface area contributed by atoms with E-state index in [1.807, 2.05) is 0 Å². The molecular formula is C17H18N4O6S2. The summed E-state index contributed by atoms with van der Waals surface area (Å²) < 4.78 is 36.3. The molecule has 2 aromatic heterocycles. The number of nitrogens with zero attached hydrogens (tertiary/aromatic N) is 2. The second kappa shape index (κ2) is 7.33. The van der Waals surface area contributed by atoms with Crippen LogP contribution in [0.4, 0.5) is 5.00 Å². The SMILES string of the molecule is COCOCc1csc2c1S(O)(O)N=C(c1c(O)c3ccccc3n(N)c1=O)N2. The molecule has 0 bridgehead atoms. The number of fused-ring (bicyclic) bond motifs is 2. The summed E-state index contributed by atoms with van der Waals surface area (Å²) in [4.78, 5) is 13.0. The van der Waals surface area contributed by atoms with Gasteiger partial charge < -0.3 is 25.7 Å². The number of pyridine rings is 1. The number of thiophene rings is 1. The van der Waals surface area contributed by atoms with E-state index in [0.717, 1.165) is 4.68 Å². The maximum atomic E-state index is 12.8. The van der Waals surface area contributed by atoms with E-state index in [-0.39, 0.29) is 35.4 Å². The Hall–Kier alpha value is -2.61. The molecule has 0 saturated carbocycles. The molecule has 1 aliphatic rings. The van der Waals surface area contributed by atoms with Gasteiger partial charge in [0.2, 0.25) is 0 Å². The van der Waals surface area contributed by atoms with E-state index in [2.05, 4.69) is 9.71 Å². The van der Waals surface area contributed by atoms with Gasteiger partial charge in [0.1, 0.15) is 28.0 Å². The lowest BCUT2D eigenvalue weighted by atomic mass is 10.1. The number of aromatic nitrogens is 1. The average Bonchev–Trinajstić information content (AvgIpc) is 3.10. The number of benzene rings is 1. The molecule has 0 amide bonds. The molecule has 29 heavy (non-hydrogen) atoms. The molecule has 1 aliphatic heterocycles. The first kappa shape index (κ1) is 19.7. The molecule has 1 aromatic carbocycles. The van der Waals surface area contributed by atoms with Crippen molar-refractivity contribution in [3.63, 3.8) is 0 Å². The van der Waals surface area contributed by atoms with Gasteiger partial charge >= 0.3 is 0 Å². The molecule has 154 valence electrons. The minimum absolute atomic E-state index is 0.0484. The third-order valence-electron chi connectivity index (χ3n) is 4.33. The number of ether oxygens (including phenoxy) is 2. The van der Waals surface area contributed by atoms with Crippen LogP contribution < -0.4 is 16.7 Å². The van der Waals surface area contributed by atoms with Gasteiger partial charge in [-0.3, -0.25) is 13.9 Å². The topological polar surface area (TPSA) is 152 Å². The molecule has 6 N–H and O–H groups in total. The molecule has 3 aromatic rings. The highest BCUT2D eigenvalue weighted by atomic mass is 32.3. The fourth-order valence-corrected chi connectivity index (χ4v) is 5.72. The van der Waals surface area contributed by atoms with E-state index in [9.17, 15) is 19.0 Å². The molecule has 10 nitrogen and oxygen atoms in total. The first-order chi connectivity index (χ1) is 13.8. The van der Waals surface area contributed by atoms with Crippen LogP contribution in [0.5, 0.6) is 5.75 Å². The summed E-state index contributed by atoms with van der Waals surface area (Å²) in [5, 5.41) is 16.0. The number of hydrogen-bond donors (Lipinski definition) is 5. The van der Waals surface area contributed by atoms with Crippen LogP contribution in [0.1, 0.15) is 11.1 Å². The van der Waals surface area contributed by atoms with Crippen molar-refractivity contribution in [2.75, 3.05) is 25.1 Å². The predicted molar refractivity (Wildman–Crippen MR) is 112 cm³/mol. The Balaban J connectivity index is 1.82. The number of para-hydroxylation sites is 1. The molecule has 0 fully saturated rings. The second-order valence-corrected chi connectivity index (χ2v) is 8.68. The lowest BCUT2D eigenvalue weighted by Crippen LogP contribution is -2.35. The monoisotopic (exact) mass is 438 g/mol. The number of rotatable bonds is 5. The fraction of sp³-hybridized carbons (Fsp3) is 0.176. The number of amidine groups is 1. The molecule has 12 heteroatoms. The number of anilines is 1. The van der Waals surface area contributed by atoms with Crippen LogP contribution in [0, 0.1) is 0 Å². The average molecular weight is 438 g/mol. The largest absolute Gasteiger partial charge is 0.506 e. The van der Waals surface area contributed by atoms with Gasteiger partial charge in [-0.2, -0.15) is 0 Å². The van der Waals surface area contributed by atoms with Crippen LogP contribution in [0.3, 0.4) is 0 Å². The zero-order valence-corrected chi connectivity index (χ0v) is 16.8. The zero-order valence-electron chi connectivity index (χ0n) is 15.2. The quantitative estimate of drug-likeness (QED) is 0.231. The number of nitrogen functional groups attached to an aromatic ring is 1. The number of hydrogen-bond acceptors (Lipinski definition) is 10. The summed E-state index contributed by atoms with van der Waals surface area (Å²) in [6.07, 6.45) is 0. The number of nitrogens with two attached hydrogens (primary N) is 1. The lowest BCUT2D eigenvalue weighted by molar-refractivity contribution is -0.0396. The molecule has 0 atom stereocenters. The summed E-state index contributed by atoms with van der Waals surface area (Å²) in [6, 6.07) is 6.56. The molecule has 3 heterocycles. The van der Waals surface area contributed by atoms with Gasteiger partial charge in [0.05, 0.1) is 12.1 Å². The maximum absolute atomic E-state index is 12.8. The maximum Gasteiger partial charge on any atom is 0.284 e. The van der Waals surface area contributed by atoms with Crippen molar-refractivity contribution in [2.24, 2.45) is 4.40 Å². The van der Waals surface area contributed by atoms with Crippen molar-refractivity contribution in [3.05, 3.63) is 51.1 Å². The van der Waals surface area contributed by atoms with Gasteiger partial charge in [-0.05, 0) is 12.1 Å². The van der Waals surface area contributed by atoms with E-state index >= 15 is 0 Å². The van der Waals surface area contributed by atoms with Crippen LogP contribution in [-0.4, -0.2) is 38.6 Å². The van der Waals surface area contributed by atoms with E-state index < -0.39 is 16.3 Å². The Labute approximate surface area is 170 Å². The molecule has 0 unspecified atom stereocenters. The minimum Gasteiger partial charge on any atom is -0.506 e. The van der Waals surface area contributed by atoms with Crippen molar-refractivity contribution in [2.45, 2.75) is 11.5 Å². The molecular weight excluding hydrogens is 420 g/mol. The summed E-state index contributed by atoms with van der Waals surface area (Å²) in [6.45, 7) is 0.145. The number of methoxy groups -OCH3 is 1. The summed E-state index contributed by atoms with van der Waals surface area (Å²) >= 11 is 1.20. The minimum atomic E-state index is -3.65. The van der Waals surface area contributed by atoms with Gasteiger partial charge in [-0.15, -0.1) is 15.7 Å². The van der Waals surface area contributed by atoms with Crippen LogP contribution in [-0.2, 0) is 16.1 Å². The van der Waals surface area contributed by atoms with E-state index in [0.29, 0.717) is 21.5 Å². The Kier molecular flexibility index (Phi) is 4.98. The lowest BCUT2D eigenvalue weighted by Gasteiger charge is -2.33. The van der Waals surface area contributed by atoms with Crippen LogP contribution in [0.2, 0.25) is 0 Å². The summed E-state index contributed by atoms with van der Waals surface area (Å²) in [5.41, 5.74) is -0.110. The number of nitrogens with one attached hydrogen (secondary N) is 1. The van der Waals surface area contributed by atoms with Crippen molar-refractivity contribution < 1.29 is 23.7 Å². The zero-order chi connectivity index (χ0) is 20.8. The molecule has 0 aliphatic carbocycles. The summed E-state index contributed by atoms with van der Waals surface area (Å²) in [7, 11) is -2.17. The first-order valence-electron chi connectivity index (χ1n) is 8.29. The van der Waals surface area contributed by atoms with E-state index in [1.165, 1.54) is 18.4 Å². The summed E-state index contributed by atoms with van der Waals surface area (Å²) in [5.74, 6) is 5.38. The second-order valence-electron chi connectivity index (χ2n) is 6.17. The van der Waals surface area contributed by atoms with Crippen molar-refractivity contribution in [1.82, 2.24) is 4.68 Å². The van der Waals surface area contributed by atoms with Gasteiger partial charge in [-0.25, -0.2) is 4.68 Å². The Morgan fingerprint density at radius 1 is 1.34 bits per heavy atom. The molecule has 0 radical (unpaired) electrons. The van der Waals surface area contributed by atoms with E-state index in [4.69, 9.17) is 15.3 Å². The Morgan fingerprint density at radius 2 is 2.10 bits per heavy atom. The van der Waals surface area contributed by atoms with Gasteiger partial charge in [0.15, 0.2) is 5.84 Å². The Bertz CT molecular complexity index is 1190. The van der Waals surface area contributed by atoms with Gasteiger partial charge in [-0.1, -0.05) is 22.9 Å². The highest BCUT2D eigenvalue weighted by Gasteiger charge is 2.33. The molecule has 0 saturated heterocycles. The normalized spacial score (nSPS) is 16.2. The van der Waals surface area contributed by atoms with E-state index in [1.54, 1.807) is 29.6 Å². The van der Waals surface area contributed by atoms with Crippen molar-refractivity contribution >= 4 is 43.9 Å². The number of aromatic hydroxyl groups is 1. The highest BCUT2D eigenvalue weighted by molar-refractivity contribution is 8.23. The third kappa shape index (κ3) is 3.25. The molecule has 0 spiro atoms. The van der Waals surface area contributed by atoms with Crippen molar-refractivity contribution in [1.29, 1.82) is 0 Å². The van der Waals surface area contributed by atoms with Crippen molar-refractivity contribution in [3.8, 4) is 5.75 Å². The smallest absolute Gasteiger partial charge is 0.284 e.